The Kier molecular flexibility index (Phi) is 7.73. The van der Waals surface area contributed by atoms with E-state index in [1.165, 1.54) is 32.1 Å². The average Bonchev–Trinajstić information content (AvgIpc) is 2.26. The van der Waals surface area contributed by atoms with Crippen LogP contribution in [-0.2, 0) is 13.3 Å². The average molecular weight is 303 g/mol. The van der Waals surface area contributed by atoms with Crippen molar-refractivity contribution in [3.05, 3.63) is 0 Å². The Bertz CT molecular complexity index is 234. The second-order valence-electron chi connectivity index (χ2n) is 6.89. The van der Waals surface area contributed by atoms with Crippen LogP contribution in [0.4, 0.5) is 0 Å². The molecule has 0 aromatic carbocycles. The van der Waals surface area contributed by atoms with Gasteiger partial charge in [-0.3, -0.25) is 0 Å². The molecule has 0 spiro atoms. The second kappa shape index (κ2) is 8.52. The summed E-state index contributed by atoms with van der Waals surface area (Å²) < 4.78 is 18.8. The van der Waals surface area contributed by atoms with E-state index < -0.39 is 8.80 Å². The lowest BCUT2D eigenvalue weighted by atomic mass is 9.91. The molecule has 0 heterocycles. The first-order valence-electron chi connectivity index (χ1n) is 8.36. The van der Waals surface area contributed by atoms with Crippen LogP contribution in [-0.4, -0.2) is 27.1 Å². The van der Waals surface area contributed by atoms with Gasteiger partial charge in [-0.1, -0.05) is 32.1 Å². The van der Waals surface area contributed by atoms with E-state index in [0.29, 0.717) is 5.92 Å². The molecular formula is C16H34O3Si. The Balaban J connectivity index is 2.80. The third kappa shape index (κ3) is 6.70. The van der Waals surface area contributed by atoms with Gasteiger partial charge in [0.1, 0.15) is 0 Å². The molecule has 20 heavy (non-hydrogen) atoms. The Hall–Kier alpha value is 0.0969. The van der Waals surface area contributed by atoms with E-state index in [2.05, 4.69) is 41.5 Å². The fraction of sp³-hybridized carbons (Fsp3) is 1.00. The van der Waals surface area contributed by atoms with Crippen LogP contribution in [0.15, 0.2) is 0 Å². The summed E-state index contributed by atoms with van der Waals surface area (Å²) in [6, 6.07) is 0.988. The van der Waals surface area contributed by atoms with Gasteiger partial charge in [-0.2, -0.15) is 0 Å². The molecule has 1 saturated carbocycles. The van der Waals surface area contributed by atoms with Crippen LogP contribution in [0, 0.1) is 5.92 Å². The Morgan fingerprint density at radius 3 is 1.50 bits per heavy atom. The summed E-state index contributed by atoms with van der Waals surface area (Å²) in [6.45, 7) is 12.5. The minimum atomic E-state index is -2.57. The zero-order valence-electron chi connectivity index (χ0n) is 14.3. The molecular weight excluding hydrogens is 268 g/mol. The van der Waals surface area contributed by atoms with Crippen LogP contribution < -0.4 is 0 Å². The first kappa shape index (κ1) is 18.1. The molecule has 0 aliphatic heterocycles. The van der Waals surface area contributed by atoms with Crippen LogP contribution in [0.25, 0.3) is 0 Å². The van der Waals surface area contributed by atoms with E-state index in [0.717, 1.165) is 6.04 Å². The third-order valence-corrected chi connectivity index (χ3v) is 7.08. The molecule has 0 unspecified atom stereocenters. The Morgan fingerprint density at radius 2 is 1.15 bits per heavy atom. The van der Waals surface area contributed by atoms with Crippen molar-refractivity contribution < 1.29 is 13.3 Å². The second-order valence-corrected chi connectivity index (χ2v) is 9.37. The van der Waals surface area contributed by atoms with Crippen LogP contribution in [0.3, 0.4) is 0 Å². The van der Waals surface area contributed by atoms with Crippen molar-refractivity contribution in [1.82, 2.24) is 0 Å². The van der Waals surface area contributed by atoms with Crippen molar-refractivity contribution in [2.24, 2.45) is 5.92 Å². The summed E-state index contributed by atoms with van der Waals surface area (Å²) in [4.78, 5) is 0. The highest BCUT2D eigenvalue weighted by Gasteiger charge is 2.46. The zero-order chi connectivity index (χ0) is 15.2. The van der Waals surface area contributed by atoms with Gasteiger partial charge in [-0.05, 0) is 47.5 Å². The third-order valence-electron chi connectivity index (χ3n) is 3.51. The number of rotatable bonds is 8. The van der Waals surface area contributed by atoms with Crippen LogP contribution in [0.5, 0.6) is 0 Å². The van der Waals surface area contributed by atoms with E-state index in [4.69, 9.17) is 13.3 Å². The first-order chi connectivity index (χ1) is 9.33. The molecule has 0 aromatic heterocycles. The molecule has 3 nitrogen and oxygen atoms in total. The lowest BCUT2D eigenvalue weighted by Gasteiger charge is -2.37. The number of hydrogen-bond acceptors (Lipinski definition) is 3. The highest BCUT2D eigenvalue weighted by Crippen LogP contribution is 2.34. The van der Waals surface area contributed by atoms with Crippen molar-refractivity contribution in [3.63, 3.8) is 0 Å². The minimum Gasteiger partial charge on any atom is -0.371 e. The molecule has 0 aromatic rings. The normalized spacial score (nSPS) is 18.4. The van der Waals surface area contributed by atoms with Crippen molar-refractivity contribution >= 4 is 8.80 Å². The number of hydrogen-bond donors (Lipinski definition) is 0. The van der Waals surface area contributed by atoms with Crippen molar-refractivity contribution in [2.45, 2.75) is 98.0 Å². The molecule has 0 saturated heterocycles. The molecule has 4 heteroatoms. The van der Waals surface area contributed by atoms with Gasteiger partial charge in [0, 0.05) is 24.4 Å². The molecule has 1 aliphatic rings. The van der Waals surface area contributed by atoms with E-state index >= 15 is 0 Å². The summed E-state index contributed by atoms with van der Waals surface area (Å²) in [5.41, 5.74) is 0. The maximum absolute atomic E-state index is 6.26. The topological polar surface area (TPSA) is 27.7 Å². The maximum atomic E-state index is 6.26. The van der Waals surface area contributed by atoms with E-state index in [9.17, 15) is 0 Å². The van der Waals surface area contributed by atoms with Crippen LogP contribution in [0.2, 0.25) is 6.04 Å². The Labute approximate surface area is 126 Å². The SMILES string of the molecule is CC(C)O[Si](CC1CCCCC1)(OC(C)C)OC(C)C. The highest BCUT2D eigenvalue weighted by molar-refractivity contribution is 6.61. The summed E-state index contributed by atoms with van der Waals surface area (Å²) in [5.74, 6) is 0.715. The van der Waals surface area contributed by atoms with Gasteiger partial charge in [-0.15, -0.1) is 0 Å². The Morgan fingerprint density at radius 1 is 0.750 bits per heavy atom. The summed E-state index contributed by atoms with van der Waals surface area (Å²) in [7, 11) is -2.57. The summed E-state index contributed by atoms with van der Waals surface area (Å²) >= 11 is 0. The monoisotopic (exact) mass is 302 g/mol. The lowest BCUT2D eigenvalue weighted by molar-refractivity contribution is -0.000822. The van der Waals surface area contributed by atoms with Gasteiger partial charge in [0.2, 0.25) is 0 Å². The smallest absolute Gasteiger partial charge is 0.371 e. The fourth-order valence-corrected chi connectivity index (χ4v) is 6.78. The first-order valence-corrected chi connectivity index (χ1v) is 10.3. The highest BCUT2D eigenvalue weighted by atomic mass is 28.4. The van der Waals surface area contributed by atoms with Gasteiger partial charge in [-0.25, -0.2) is 0 Å². The van der Waals surface area contributed by atoms with Crippen molar-refractivity contribution in [2.75, 3.05) is 0 Å². The van der Waals surface area contributed by atoms with E-state index in [-0.39, 0.29) is 18.3 Å². The van der Waals surface area contributed by atoms with Crippen LogP contribution in [0.1, 0.15) is 73.6 Å². The van der Waals surface area contributed by atoms with Gasteiger partial charge in [0.25, 0.3) is 0 Å². The maximum Gasteiger partial charge on any atom is 0.501 e. The molecule has 0 amide bonds. The van der Waals surface area contributed by atoms with E-state index in [1.54, 1.807) is 0 Å². The molecule has 1 fully saturated rings. The standard InChI is InChI=1S/C16H34O3Si/c1-13(2)17-20(18-14(3)4,19-15(5)6)12-16-10-8-7-9-11-16/h13-16H,7-12H2,1-6H3. The van der Waals surface area contributed by atoms with Gasteiger partial charge in [0.15, 0.2) is 0 Å². The van der Waals surface area contributed by atoms with Gasteiger partial charge >= 0.3 is 8.80 Å². The van der Waals surface area contributed by atoms with E-state index in [1.807, 2.05) is 0 Å². The molecule has 0 N–H and O–H groups in total. The fourth-order valence-electron chi connectivity index (χ4n) is 3.05. The lowest BCUT2D eigenvalue weighted by Crippen LogP contribution is -2.52. The molecule has 1 rings (SSSR count). The molecule has 1 aliphatic carbocycles. The minimum absolute atomic E-state index is 0.155. The quantitative estimate of drug-likeness (QED) is 0.604. The molecule has 120 valence electrons. The molecule has 0 atom stereocenters. The van der Waals surface area contributed by atoms with Gasteiger partial charge in [0.05, 0.1) is 0 Å². The molecule has 0 bridgehead atoms. The van der Waals surface area contributed by atoms with Crippen molar-refractivity contribution in [1.29, 1.82) is 0 Å². The largest absolute Gasteiger partial charge is 0.501 e. The predicted molar refractivity (Wildman–Crippen MR) is 85.8 cm³/mol. The zero-order valence-corrected chi connectivity index (χ0v) is 15.3. The molecule has 0 radical (unpaired) electrons. The van der Waals surface area contributed by atoms with Crippen molar-refractivity contribution in [3.8, 4) is 0 Å². The van der Waals surface area contributed by atoms with Crippen LogP contribution >= 0.6 is 0 Å². The summed E-state index contributed by atoms with van der Waals surface area (Å²) in [5, 5.41) is 0. The predicted octanol–water partition coefficient (Wildman–Crippen LogP) is 4.78. The van der Waals surface area contributed by atoms with Gasteiger partial charge < -0.3 is 13.3 Å². The summed E-state index contributed by atoms with van der Waals surface area (Å²) in [6.07, 6.45) is 7.15.